The summed E-state index contributed by atoms with van der Waals surface area (Å²) in [5.74, 6) is 0. The van der Waals surface area contributed by atoms with E-state index in [1.807, 2.05) is 0 Å². The van der Waals surface area contributed by atoms with Crippen LogP contribution in [0.25, 0.3) is 76.3 Å². The summed E-state index contributed by atoms with van der Waals surface area (Å²) < 4.78 is 0. The third kappa shape index (κ3) is 2.85. The Hall–Kier alpha value is -4.82. The molecule has 0 aliphatic carbocycles. The molecule has 0 unspecified atom stereocenters. The van der Waals surface area contributed by atoms with Crippen molar-refractivity contribution in [1.82, 2.24) is 9.97 Å². The highest BCUT2D eigenvalue weighted by Gasteiger charge is 2.12. The van der Waals surface area contributed by atoms with Gasteiger partial charge in [0.15, 0.2) is 0 Å². The first kappa shape index (κ1) is 19.5. The first-order chi connectivity index (χ1) is 17.8. The highest BCUT2D eigenvalue weighted by Crippen LogP contribution is 2.35. The van der Waals surface area contributed by atoms with Crippen molar-refractivity contribution >= 4 is 65.2 Å². The van der Waals surface area contributed by atoms with E-state index in [2.05, 4.69) is 121 Å². The summed E-state index contributed by atoms with van der Waals surface area (Å²) in [7, 11) is 0. The molecule has 0 spiro atoms. The molecule has 0 N–H and O–H groups in total. The van der Waals surface area contributed by atoms with Crippen molar-refractivity contribution in [1.29, 1.82) is 0 Å². The van der Waals surface area contributed by atoms with Gasteiger partial charge in [-0.2, -0.15) is 0 Å². The molecule has 8 aromatic rings. The van der Waals surface area contributed by atoms with Crippen LogP contribution in [0.5, 0.6) is 0 Å². The van der Waals surface area contributed by atoms with Crippen LogP contribution in [0.4, 0.5) is 0 Å². The predicted molar refractivity (Wildman–Crippen MR) is 153 cm³/mol. The van der Waals surface area contributed by atoms with Crippen LogP contribution < -0.4 is 0 Å². The highest BCUT2D eigenvalue weighted by molar-refractivity contribution is 6.15. The monoisotopic (exact) mass is 456 g/mol. The molecule has 0 fully saturated rings. The summed E-state index contributed by atoms with van der Waals surface area (Å²) in [6.07, 6.45) is 0. The van der Waals surface area contributed by atoms with Crippen LogP contribution in [-0.4, -0.2) is 9.97 Å². The summed E-state index contributed by atoms with van der Waals surface area (Å²) in [4.78, 5) is 10.3. The molecule has 2 heteroatoms. The maximum atomic E-state index is 5.16. The van der Waals surface area contributed by atoms with E-state index < -0.39 is 0 Å². The number of hydrogen-bond acceptors (Lipinski definition) is 2. The molecular formula is C34H20N2. The molecule has 0 bridgehead atoms. The molecule has 7 aromatic carbocycles. The fraction of sp³-hybridized carbons (Fsp3) is 0. The Balaban J connectivity index is 1.42. The third-order valence-corrected chi connectivity index (χ3v) is 7.35. The van der Waals surface area contributed by atoms with Crippen LogP contribution in [0.15, 0.2) is 121 Å². The standard InChI is InChI=1S/C34H20N2/c1-2-7-21(8-3-1)27-12-6-11-24-20-30-26(19-28(24)27)14-16-32-34(30)36-31-15-13-25-17-22-9-4-5-10-23(22)18-29(25)33(31)35-32/h1-20H. The Morgan fingerprint density at radius 1 is 0.361 bits per heavy atom. The Bertz CT molecular complexity index is 2140. The summed E-state index contributed by atoms with van der Waals surface area (Å²) >= 11 is 0. The number of aromatic nitrogens is 2. The first-order valence-electron chi connectivity index (χ1n) is 12.3. The SMILES string of the molecule is c1ccc(-c2cccc3cc4c(ccc5nc6c(ccc7cc8ccccc8cc76)nc54)cc23)cc1. The van der Waals surface area contributed by atoms with E-state index in [4.69, 9.17) is 9.97 Å². The molecule has 1 aromatic heterocycles. The van der Waals surface area contributed by atoms with Crippen molar-refractivity contribution in [2.24, 2.45) is 0 Å². The van der Waals surface area contributed by atoms with Crippen molar-refractivity contribution in [3.05, 3.63) is 121 Å². The van der Waals surface area contributed by atoms with E-state index in [1.165, 1.54) is 43.4 Å². The molecule has 0 saturated heterocycles. The lowest BCUT2D eigenvalue weighted by atomic mass is 9.95. The van der Waals surface area contributed by atoms with Crippen LogP contribution in [0, 0.1) is 0 Å². The summed E-state index contributed by atoms with van der Waals surface area (Å²) in [5.41, 5.74) is 6.24. The minimum Gasteiger partial charge on any atom is -0.244 e. The fourth-order valence-corrected chi connectivity index (χ4v) is 5.58. The number of hydrogen-bond donors (Lipinski definition) is 0. The lowest BCUT2D eigenvalue weighted by Gasteiger charge is -2.11. The van der Waals surface area contributed by atoms with Gasteiger partial charge in [0, 0.05) is 10.8 Å². The Labute approximate surface area is 207 Å². The van der Waals surface area contributed by atoms with Crippen molar-refractivity contribution in [2.45, 2.75) is 0 Å². The number of rotatable bonds is 1. The van der Waals surface area contributed by atoms with Crippen LogP contribution in [-0.2, 0) is 0 Å². The molecule has 36 heavy (non-hydrogen) atoms. The molecule has 166 valence electrons. The summed E-state index contributed by atoms with van der Waals surface area (Å²) in [6.45, 7) is 0. The van der Waals surface area contributed by atoms with E-state index in [1.54, 1.807) is 0 Å². The van der Waals surface area contributed by atoms with Crippen molar-refractivity contribution < 1.29 is 0 Å². The maximum absolute atomic E-state index is 5.16. The van der Waals surface area contributed by atoms with Gasteiger partial charge in [-0.05, 0) is 79.8 Å². The topological polar surface area (TPSA) is 25.8 Å². The van der Waals surface area contributed by atoms with Gasteiger partial charge in [-0.1, -0.05) is 84.9 Å². The second-order valence-electron chi connectivity index (χ2n) is 9.48. The molecule has 8 rings (SSSR count). The van der Waals surface area contributed by atoms with E-state index in [9.17, 15) is 0 Å². The normalized spacial score (nSPS) is 11.9. The van der Waals surface area contributed by atoms with Gasteiger partial charge in [0.25, 0.3) is 0 Å². The lowest BCUT2D eigenvalue weighted by molar-refractivity contribution is 1.42. The quantitative estimate of drug-likeness (QED) is 0.182. The largest absolute Gasteiger partial charge is 0.244 e. The van der Waals surface area contributed by atoms with E-state index in [0.717, 1.165) is 32.8 Å². The van der Waals surface area contributed by atoms with Gasteiger partial charge in [0.2, 0.25) is 0 Å². The number of benzene rings is 7. The predicted octanol–water partition coefficient (Wildman–Crippen LogP) is 9.06. The molecule has 0 saturated carbocycles. The van der Waals surface area contributed by atoms with Crippen molar-refractivity contribution in [3.63, 3.8) is 0 Å². The average Bonchev–Trinajstić information content (AvgIpc) is 2.94. The zero-order valence-electron chi connectivity index (χ0n) is 19.4. The zero-order valence-corrected chi connectivity index (χ0v) is 19.4. The third-order valence-electron chi connectivity index (χ3n) is 7.35. The van der Waals surface area contributed by atoms with Gasteiger partial charge in [0.05, 0.1) is 22.1 Å². The van der Waals surface area contributed by atoms with Crippen LogP contribution >= 0.6 is 0 Å². The first-order valence-corrected chi connectivity index (χ1v) is 12.3. The van der Waals surface area contributed by atoms with Gasteiger partial charge in [-0.15, -0.1) is 0 Å². The molecule has 0 aliphatic heterocycles. The Kier molecular flexibility index (Phi) is 3.97. The molecule has 1 heterocycles. The summed E-state index contributed by atoms with van der Waals surface area (Å²) in [6, 6.07) is 43.2. The van der Waals surface area contributed by atoms with Gasteiger partial charge in [-0.3, -0.25) is 0 Å². The zero-order chi connectivity index (χ0) is 23.6. The van der Waals surface area contributed by atoms with Gasteiger partial charge in [0.1, 0.15) is 0 Å². The Morgan fingerprint density at radius 3 is 1.61 bits per heavy atom. The minimum atomic E-state index is 0.925. The van der Waals surface area contributed by atoms with Crippen LogP contribution in [0.2, 0.25) is 0 Å². The number of fused-ring (bicyclic) bond motifs is 8. The smallest absolute Gasteiger partial charge is 0.0973 e. The minimum absolute atomic E-state index is 0.925. The molecular weight excluding hydrogens is 436 g/mol. The van der Waals surface area contributed by atoms with Crippen LogP contribution in [0.3, 0.4) is 0 Å². The maximum Gasteiger partial charge on any atom is 0.0973 e. The molecule has 0 aliphatic rings. The highest BCUT2D eigenvalue weighted by atomic mass is 14.8. The van der Waals surface area contributed by atoms with E-state index in [0.29, 0.717) is 0 Å². The van der Waals surface area contributed by atoms with Gasteiger partial charge >= 0.3 is 0 Å². The van der Waals surface area contributed by atoms with E-state index >= 15 is 0 Å². The second kappa shape index (κ2) is 7.34. The molecule has 0 atom stereocenters. The van der Waals surface area contributed by atoms with Gasteiger partial charge in [-0.25, -0.2) is 9.97 Å². The second-order valence-corrected chi connectivity index (χ2v) is 9.48. The van der Waals surface area contributed by atoms with Gasteiger partial charge < -0.3 is 0 Å². The molecule has 0 radical (unpaired) electrons. The number of nitrogens with zero attached hydrogens (tertiary/aromatic N) is 2. The molecule has 2 nitrogen and oxygen atoms in total. The average molecular weight is 457 g/mol. The summed E-state index contributed by atoms with van der Waals surface area (Å²) in [5, 5.41) is 9.58. The lowest BCUT2D eigenvalue weighted by Crippen LogP contribution is -1.91. The van der Waals surface area contributed by atoms with E-state index in [-0.39, 0.29) is 0 Å². The van der Waals surface area contributed by atoms with Crippen LogP contribution in [0.1, 0.15) is 0 Å². The Morgan fingerprint density at radius 2 is 0.889 bits per heavy atom. The fourth-order valence-electron chi connectivity index (χ4n) is 5.58. The molecule has 0 amide bonds. The van der Waals surface area contributed by atoms with Crippen molar-refractivity contribution in [3.8, 4) is 11.1 Å². The van der Waals surface area contributed by atoms with Crippen molar-refractivity contribution in [2.75, 3.05) is 0 Å².